The fourth-order valence-electron chi connectivity index (χ4n) is 2.18. The highest BCUT2D eigenvalue weighted by atomic mass is 35.5. The number of carbonyl (C=O) groups is 3. The van der Waals surface area contributed by atoms with E-state index in [0.717, 1.165) is 11.3 Å². The van der Waals surface area contributed by atoms with Gasteiger partial charge in [0.05, 0.1) is 22.4 Å². The molecule has 0 aliphatic carbocycles. The topological polar surface area (TPSA) is 90.9 Å². The zero-order valence-corrected chi connectivity index (χ0v) is 17.0. The Hall–Kier alpha value is -2.58. The molecule has 1 amide bonds. The van der Waals surface area contributed by atoms with Crippen LogP contribution in [0.25, 0.3) is 0 Å². The van der Waals surface area contributed by atoms with Crippen LogP contribution in [0.4, 0.5) is 0 Å². The van der Waals surface area contributed by atoms with Gasteiger partial charge < -0.3 is 19.5 Å². The summed E-state index contributed by atoms with van der Waals surface area (Å²) in [5.74, 6) is -0.575. The number of amides is 1. The van der Waals surface area contributed by atoms with Crippen molar-refractivity contribution in [2.45, 2.75) is 13.8 Å². The summed E-state index contributed by atoms with van der Waals surface area (Å²) in [6.07, 6.45) is 0. The number of thiophene rings is 1. The first-order valence-electron chi connectivity index (χ1n) is 8.56. The van der Waals surface area contributed by atoms with Crippen molar-refractivity contribution in [2.24, 2.45) is 0 Å². The number of carbonyl (C=O) groups excluding carboxylic acids is 3. The fourth-order valence-corrected chi connectivity index (χ4v) is 3.15. The van der Waals surface area contributed by atoms with Gasteiger partial charge in [-0.1, -0.05) is 11.6 Å². The standard InChI is InChI=1S/C19H20ClNO6S/c1-3-25-14-6-5-12(9-15(14)26-4-2)19(24)21-10-18(23)27-11-13(22)16-7-8-17(20)28-16/h5-9H,3-4,10-11H2,1-2H3,(H,21,24). The van der Waals surface area contributed by atoms with Crippen LogP contribution in [0.1, 0.15) is 33.9 Å². The van der Waals surface area contributed by atoms with Crippen molar-refractivity contribution < 1.29 is 28.6 Å². The van der Waals surface area contributed by atoms with Crippen LogP contribution < -0.4 is 14.8 Å². The first-order valence-corrected chi connectivity index (χ1v) is 9.76. The number of benzene rings is 1. The first-order chi connectivity index (χ1) is 13.4. The lowest BCUT2D eigenvalue weighted by molar-refractivity contribution is -0.141. The Kier molecular flexibility index (Phi) is 8.28. The van der Waals surface area contributed by atoms with Gasteiger partial charge in [0.25, 0.3) is 5.91 Å². The average Bonchev–Trinajstić information content (AvgIpc) is 3.12. The van der Waals surface area contributed by atoms with E-state index in [0.29, 0.717) is 39.5 Å². The molecular weight excluding hydrogens is 406 g/mol. The van der Waals surface area contributed by atoms with E-state index < -0.39 is 18.5 Å². The molecule has 0 unspecified atom stereocenters. The maximum absolute atomic E-state index is 12.2. The summed E-state index contributed by atoms with van der Waals surface area (Å²) >= 11 is 6.87. The molecule has 0 saturated carbocycles. The van der Waals surface area contributed by atoms with Gasteiger partial charge in [-0.05, 0) is 44.2 Å². The van der Waals surface area contributed by atoms with Gasteiger partial charge in [0.1, 0.15) is 6.54 Å². The third-order valence-corrected chi connectivity index (χ3v) is 4.68. The maximum atomic E-state index is 12.2. The van der Waals surface area contributed by atoms with Gasteiger partial charge in [0.2, 0.25) is 5.78 Å². The van der Waals surface area contributed by atoms with Crippen LogP contribution >= 0.6 is 22.9 Å². The van der Waals surface area contributed by atoms with Gasteiger partial charge in [-0.15, -0.1) is 11.3 Å². The maximum Gasteiger partial charge on any atom is 0.325 e. The number of nitrogens with one attached hydrogen (secondary N) is 1. The second kappa shape index (κ2) is 10.7. The van der Waals surface area contributed by atoms with Gasteiger partial charge in [-0.3, -0.25) is 14.4 Å². The van der Waals surface area contributed by atoms with Crippen molar-refractivity contribution in [1.82, 2.24) is 5.32 Å². The summed E-state index contributed by atoms with van der Waals surface area (Å²) in [4.78, 5) is 36.3. The minimum Gasteiger partial charge on any atom is -0.490 e. The van der Waals surface area contributed by atoms with E-state index in [2.05, 4.69) is 5.32 Å². The molecule has 0 radical (unpaired) electrons. The number of esters is 1. The van der Waals surface area contributed by atoms with Crippen LogP contribution in [0.15, 0.2) is 30.3 Å². The Morgan fingerprint density at radius 3 is 2.39 bits per heavy atom. The lowest BCUT2D eigenvalue weighted by Crippen LogP contribution is -2.31. The number of hydrogen-bond acceptors (Lipinski definition) is 7. The van der Waals surface area contributed by atoms with Gasteiger partial charge in [-0.2, -0.15) is 0 Å². The molecule has 0 fully saturated rings. The second-order valence-corrected chi connectivity index (χ2v) is 7.11. The molecule has 7 nitrogen and oxygen atoms in total. The molecule has 1 heterocycles. The Morgan fingerprint density at radius 2 is 1.75 bits per heavy atom. The number of ether oxygens (including phenoxy) is 3. The van der Waals surface area contributed by atoms with Crippen molar-refractivity contribution in [3.8, 4) is 11.5 Å². The molecule has 1 aromatic heterocycles. The third-order valence-electron chi connectivity index (χ3n) is 3.41. The molecule has 0 saturated heterocycles. The normalized spacial score (nSPS) is 10.2. The molecule has 150 valence electrons. The molecule has 0 atom stereocenters. The largest absolute Gasteiger partial charge is 0.490 e. The Labute approximate surface area is 171 Å². The van der Waals surface area contributed by atoms with E-state index >= 15 is 0 Å². The Balaban J connectivity index is 1.86. The van der Waals surface area contributed by atoms with Crippen molar-refractivity contribution in [1.29, 1.82) is 0 Å². The molecule has 0 aliphatic rings. The molecular formula is C19H20ClNO6S. The summed E-state index contributed by atoms with van der Waals surface area (Å²) in [5.41, 5.74) is 0.309. The summed E-state index contributed by atoms with van der Waals surface area (Å²) < 4.78 is 16.3. The van der Waals surface area contributed by atoms with Crippen molar-refractivity contribution >= 4 is 40.6 Å². The average molecular weight is 426 g/mol. The predicted octanol–water partition coefficient (Wildman–Crippen LogP) is 3.35. The Bertz CT molecular complexity index is 851. The smallest absolute Gasteiger partial charge is 0.325 e. The van der Waals surface area contributed by atoms with Gasteiger partial charge >= 0.3 is 5.97 Å². The van der Waals surface area contributed by atoms with Crippen molar-refractivity contribution in [2.75, 3.05) is 26.4 Å². The van der Waals surface area contributed by atoms with Crippen LogP contribution in [0.2, 0.25) is 4.34 Å². The van der Waals surface area contributed by atoms with Gasteiger partial charge in [0.15, 0.2) is 18.1 Å². The van der Waals surface area contributed by atoms with E-state index in [1.807, 2.05) is 13.8 Å². The monoisotopic (exact) mass is 425 g/mol. The van der Waals surface area contributed by atoms with Crippen LogP contribution in [-0.4, -0.2) is 44.0 Å². The van der Waals surface area contributed by atoms with E-state index in [4.69, 9.17) is 25.8 Å². The summed E-state index contributed by atoms with van der Waals surface area (Å²) in [5, 5.41) is 2.45. The summed E-state index contributed by atoms with van der Waals surface area (Å²) in [6, 6.07) is 7.89. The lowest BCUT2D eigenvalue weighted by atomic mass is 10.2. The van der Waals surface area contributed by atoms with E-state index in [1.165, 1.54) is 0 Å². The molecule has 9 heteroatoms. The third kappa shape index (κ3) is 6.24. The number of Topliss-reactive ketones (excluding diaryl/α,β-unsaturated/α-hetero) is 1. The highest BCUT2D eigenvalue weighted by Gasteiger charge is 2.15. The zero-order valence-electron chi connectivity index (χ0n) is 15.5. The molecule has 0 aliphatic heterocycles. The molecule has 1 aromatic carbocycles. The fraction of sp³-hybridized carbons (Fsp3) is 0.316. The highest BCUT2D eigenvalue weighted by Crippen LogP contribution is 2.28. The number of rotatable bonds is 10. The Morgan fingerprint density at radius 1 is 1.04 bits per heavy atom. The second-order valence-electron chi connectivity index (χ2n) is 5.40. The van der Waals surface area contributed by atoms with Crippen LogP contribution in [0, 0.1) is 0 Å². The summed E-state index contributed by atoms with van der Waals surface area (Å²) in [7, 11) is 0. The van der Waals surface area contributed by atoms with Crippen molar-refractivity contribution in [3.05, 3.63) is 45.1 Å². The van der Waals surface area contributed by atoms with E-state index in [1.54, 1.807) is 30.3 Å². The van der Waals surface area contributed by atoms with Gasteiger partial charge in [-0.25, -0.2) is 0 Å². The van der Waals surface area contributed by atoms with Crippen LogP contribution in [0.3, 0.4) is 0 Å². The lowest BCUT2D eigenvalue weighted by Gasteiger charge is -2.12. The van der Waals surface area contributed by atoms with Crippen LogP contribution in [0.5, 0.6) is 11.5 Å². The SMILES string of the molecule is CCOc1ccc(C(=O)NCC(=O)OCC(=O)c2ccc(Cl)s2)cc1OCC. The minimum absolute atomic E-state index is 0.309. The molecule has 2 aromatic rings. The predicted molar refractivity (Wildman–Crippen MR) is 106 cm³/mol. The number of hydrogen-bond donors (Lipinski definition) is 1. The zero-order chi connectivity index (χ0) is 20.5. The van der Waals surface area contributed by atoms with Gasteiger partial charge in [0, 0.05) is 5.56 Å². The number of ketones is 1. The quantitative estimate of drug-likeness (QED) is 0.463. The molecule has 0 bridgehead atoms. The molecule has 28 heavy (non-hydrogen) atoms. The molecule has 2 rings (SSSR count). The van der Waals surface area contributed by atoms with Crippen LogP contribution in [-0.2, 0) is 9.53 Å². The first kappa shape index (κ1) is 21.7. The summed E-state index contributed by atoms with van der Waals surface area (Å²) in [6.45, 7) is 3.77. The minimum atomic E-state index is -0.722. The van der Waals surface area contributed by atoms with E-state index in [-0.39, 0.29) is 12.3 Å². The highest BCUT2D eigenvalue weighted by molar-refractivity contribution is 7.18. The molecule has 1 N–H and O–H groups in total. The van der Waals surface area contributed by atoms with Crippen molar-refractivity contribution in [3.63, 3.8) is 0 Å². The molecule has 0 spiro atoms. The van der Waals surface area contributed by atoms with E-state index in [9.17, 15) is 14.4 Å². The number of halogens is 1.